The zero-order valence-electron chi connectivity index (χ0n) is 20.1. The third kappa shape index (κ3) is 5.04. The first-order valence-electron chi connectivity index (χ1n) is 12.4. The molecule has 3 saturated heterocycles. The summed E-state index contributed by atoms with van der Waals surface area (Å²) in [4.78, 5) is 17.2. The fourth-order valence-electron chi connectivity index (χ4n) is 5.68. The Labute approximate surface area is 224 Å². The summed E-state index contributed by atoms with van der Waals surface area (Å²) in [6.45, 7) is 4.89. The fraction of sp³-hybridized carbons (Fsp3) is 0.625. The molecule has 2 atom stereocenters. The molecule has 0 aromatic heterocycles. The number of rotatable bonds is 5. The molecule has 4 aliphatic rings. The Hall–Kier alpha value is -1.32. The normalized spacial score (nSPS) is 26.1. The summed E-state index contributed by atoms with van der Waals surface area (Å²) in [5.74, 6) is 5.35. The monoisotopic (exact) mass is 634 g/mol. The first-order chi connectivity index (χ1) is 17.3. The lowest BCUT2D eigenvalue weighted by molar-refractivity contribution is -0.133. The molecule has 2 N–H and O–H groups in total. The van der Waals surface area contributed by atoms with Crippen LogP contribution in [0.1, 0.15) is 24.8 Å². The van der Waals surface area contributed by atoms with E-state index in [1.54, 1.807) is 16.0 Å². The number of hydrogen-bond acceptors (Lipinski definition) is 8. The number of hydrogen-bond donors (Lipinski definition) is 1. The number of amides is 1. The van der Waals surface area contributed by atoms with Crippen LogP contribution in [0.4, 0.5) is 4.39 Å². The second-order valence-corrected chi connectivity index (χ2v) is 12.9. The standard InChI is InChI=1S/C24H32FIN4O5S/c25-20-3-1-2-18-22(30(27)17-4-7-29(14-17)16-5-10-34-11-6-16)19(15-36(32,33)23(18)20)21(26)24(31)28-8-12-35-13-9-28/h1-3,16-17,21H,4-15,27H2/t17-,21?/m1/s1. The Bertz CT molecular complexity index is 1140. The summed E-state index contributed by atoms with van der Waals surface area (Å²) in [6, 6.07) is 4.59. The van der Waals surface area contributed by atoms with Crippen LogP contribution in [0.2, 0.25) is 0 Å². The number of likely N-dealkylation sites (tertiary alicyclic amines) is 1. The Morgan fingerprint density at radius 1 is 1.11 bits per heavy atom. The number of nitrogens with two attached hydrogens (primary N) is 1. The van der Waals surface area contributed by atoms with Crippen molar-refractivity contribution in [2.24, 2.45) is 5.84 Å². The van der Waals surface area contributed by atoms with Crippen LogP contribution in [0, 0.1) is 5.82 Å². The van der Waals surface area contributed by atoms with E-state index < -0.39 is 25.3 Å². The van der Waals surface area contributed by atoms with Crippen LogP contribution in [0.25, 0.3) is 5.70 Å². The molecule has 1 unspecified atom stereocenters. The van der Waals surface area contributed by atoms with Gasteiger partial charge in [-0.05, 0) is 30.9 Å². The molecule has 4 aliphatic heterocycles. The summed E-state index contributed by atoms with van der Waals surface area (Å²) in [6.07, 6.45) is 2.74. The SMILES string of the molecule is NN(C1=C(C(I)C(=O)N2CCOCC2)CS(=O)(=O)c2c(F)cccc21)[C@@H]1CCN(C2CCOCC2)C1. The smallest absolute Gasteiger partial charge is 0.239 e. The van der Waals surface area contributed by atoms with Crippen LogP contribution in [-0.2, 0) is 24.1 Å². The molecule has 0 aliphatic carbocycles. The van der Waals surface area contributed by atoms with Gasteiger partial charge in [-0.2, -0.15) is 0 Å². The Balaban J connectivity index is 1.51. The number of morpholine rings is 1. The molecule has 0 saturated carbocycles. The molecule has 36 heavy (non-hydrogen) atoms. The number of nitrogens with zero attached hydrogens (tertiary/aromatic N) is 3. The molecule has 4 heterocycles. The van der Waals surface area contributed by atoms with Gasteiger partial charge in [0.25, 0.3) is 0 Å². The number of benzene rings is 1. The first-order valence-corrected chi connectivity index (χ1v) is 15.3. The van der Waals surface area contributed by atoms with Crippen molar-refractivity contribution in [3.63, 3.8) is 0 Å². The zero-order valence-corrected chi connectivity index (χ0v) is 23.0. The Morgan fingerprint density at radius 2 is 1.81 bits per heavy atom. The molecule has 0 radical (unpaired) electrons. The highest BCUT2D eigenvalue weighted by atomic mass is 127. The molecular weight excluding hydrogens is 602 g/mol. The largest absolute Gasteiger partial charge is 0.381 e. The molecule has 0 spiro atoms. The number of carbonyl (C=O) groups is 1. The number of hydrazine groups is 1. The fourth-order valence-corrected chi connectivity index (χ4v) is 8.61. The molecule has 1 aromatic carbocycles. The van der Waals surface area contributed by atoms with Gasteiger partial charge in [-0.1, -0.05) is 34.7 Å². The van der Waals surface area contributed by atoms with Crippen molar-refractivity contribution in [3.8, 4) is 0 Å². The number of carbonyl (C=O) groups excluding carboxylic acids is 1. The maximum Gasteiger partial charge on any atom is 0.239 e. The Morgan fingerprint density at radius 3 is 2.53 bits per heavy atom. The van der Waals surface area contributed by atoms with E-state index >= 15 is 0 Å². The lowest BCUT2D eigenvalue weighted by Crippen LogP contribution is -2.48. The maximum absolute atomic E-state index is 14.9. The summed E-state index contributed by atoms with van der Waals surface area (Å²) in [7, 11) is -3.99. The number of alkyl halides is 1. The van der Waals surface area contributed by atoms with Crippen LogP contribution in [0.5, 0.6) is 0 Å². The Kier molecular flexibility index (Phi) is 7.90. The predicted octanol–water partition coefficient (Wildman–Crippen LogP) is 1.42. The highest BCUT2D eigenvalue weighted by Gasteiger charge is 2.42. The second kappa shape index (κ2) is 10.8. The predicted molar refractivity (Wildman–Crippen MR) is 140 cm³/mol. The molecule has 1 amide bonds. The van der Waals surface area contributed by atoms with Gasteiger partial charge in [-0.15, -0.1) is 0 Å². The van der Waals surface area contributed by atoms with Crippen LogP contribution >= 0.6 is 22.6 Å². The quantitative estimate of drug-likeness (QED) is 0.225. The highest BCUT2D eigenvalue weighted by Crippen LogP contribution is 2.40. The van der Waals surface area contributed by atoms with E-state index in [2.05, 4.69) is 4.90 Å². The van der Waals surface area contributed by atoms with Gasteiger partial charge in [-0.3, -0.25) is 9.69 Å². The molecule has 1 aromatic rings. The van der Waals surface area contributed by atoms with Gasteiger partial charge >= 0.3 is 0 Å². The summed E-state index contributed by atoms with van der Waals surface area (Å²) in [5, 5.41) is 1.61. The van der Waals surface area contributed by atoms with Crippen LogP contribution in [-0.4, -0.2) is 104 Å². The number of halogens is 2. The van der Waals surface area contributed by atoms with Gasteiger partial charge in [0, 0.05) is 51.0 Å². The van der Waals surface area contributed by atoms with Crippen molar-refractivity contribution < 1.29 is 27.1 Å². The molecule has 5 rings (SSSR count). The zero-order chi connectivity index (χ0) is 25.4. The lowest BCUT2D eigenvalue weighted by atomic mass is 10.0. The number of ether oxygens (including phenoxy) is 2. The minimum absolute atomic E-state index is 0.0862. The van der Waals surface area contributed by atoms with Crippen LogP contribution in [0.15, 0.2) is 28.7 Å². The van der Waals surface area contributed by atoms with Crippen molar-refractivity contribution >= 4 is 44.0 Å². The van der Waals surface area contributed by atoms with Crippen LogP contribution in [0.3, 0.4) is 0 Å². The first kappa shape index (κ1) is 26.3. The van der Waals surface area contributed by atoms with Crippen molar-refractivity contribution in [1.82, 2.24) is 14.8 Å². The molecule has 3 fully saturated rings. The van der Waals surface area contributed by atoms with E-state index in [1.807, 2.05) is 22.6 Å². The molecular formula is C24H32FIN4O5S. The molecule has 9 nitrogen and oxygen atoms in total. The highest BCUT2D eigenvalue weighted by molar-refractivity contribution is 14.1. The lowest BCUT2D eigenvalue weighted by Gasteiger charge is -2.37. The second-order valence-electron chi connectivity index (χ2n) is 9.74. The van der Waals surface area contributed by atoms with Crippen molar-refractivity contribution in [3.05, 3.63) is 35.2 Å². The average Bonchev–Trinajstić information content (AvgIpc) is 3.38. The topological polar surface area (TPSA) is 105 Å². The van der Waals surface area contributed by atoms with E-state index in [0.29, 0.717) is 43.6 Å². The average molecular weight is 635 g/mol. The number of fused-ring (bicyclic) bond motifs is 1. The van der Waals surface area contributed by atoms with E-state index in [4.69, 9.17) is 15.3 Å². The number of sulfone groups is 1. The third-order valence-corrected chi connectivity index (χ3v) is 10.6. The molecule has 0 bridgehead atoms. The van der Waals surface area contributed by atoms with E-state index in [1.165, 1.54) is 6.07 Å². The van der Waals surface area contributed by atoms with Crippen molar-refractivity contribution in [2.45, 2.75) is 40.2 Å². The van der Waals surface area contributed by atoms with Gasteiger partial charge < -0.3 is 19.4 Å². The minimum atomic E-state index is -3.99. The molecule has 12 heteroatoms. The summed E-state index contributed by atoms with van der Waals surface area (Å²) < 4.78 is 51.5. The van der Waals surface area contributed by atoms with Gasteiger partial charge in [-0.25, -0.2) is 18.7 Å². The van der Waals surface area contributed by atoms with E-state index in [0.717, 1.165) is 51.6 Å². The summed E-state index contributed by atoms with van der Waals surface area (Å²) >= 11 is 2.01. The van der Waals surface area contributed by atoms with Crippen LogP contribution < -0.4 is 5.84 Å². The van der Waals surface area contributed by atoms with E-state index in [-0.39, 0.29) is 22.4 Å². The summed E-state index contributed by atoms with van der Waals surface area (Å²) in [5.41, 5.74) is 1.11. The van der Waals surface area contributed by atoms with Gasteiger partial charge in [0.15, 0.2) is 9.84 Å². The maximum atomic E-state index is 14.9. The third-order valence-electron chi connectivity index (χ3n) is 7.58. The van der Waals surface area contributed by atoms with Gasteiger partial charge in [0.2, 0.25) is 5.91 Å². The van der Waals surface area contributed by atoms with Gasteiger partial charge in [0.05, 0.1) is 30.7 Å². The van der Waals surface area contributed by atoms with Crippen molar-refractivity contribution in [2.75, 3.05) is 58.4 Å². The van der Waals surface area contributed by atoms with E-state index in [9.17, 15) is 17.6 Å². The minimum Gasteiger partial charge on any atom is -0.381 e. The molecule has 198 valence electrons. The van der Waals surface area contributed by atoms with Crippen molar-refractivity contribution in [1.29, 1.82) is 0 Å². The van der Waals surface area contributed by atoms with Gasteiger partial charge in [0.1, 0.15) is 14.6 Å².